The van der Waals surface area contributed by atoms with Gasteiger partial charge in [0.1, 0.15) is 11.4 Å². The lowest BCUT2D eigenvalue weighted by molar-refractivity contribution is -0.00430. The zero-order chi connectivity index (χ0) is 20.3. The fourth-order valence-corrected chi connectivity index (χ4v) is 4.17. The van der Waals surface area contributed by atoms with Gasteiger partial charge in [0.25, 0.3) is 0 Å². The van der Waals surface area contributed by atoms with E-state index < -0.39 is 23.7 Å². The smallest absolute Gasteiger partial charge is 0.207 e. The van der Waals surface area contributed by atoms with Gasteiger partial charge in [-0.05, 0) is 76.1 Å². The van der Waals surface area contributed by atoms with Crippen molar-refractivity contribution in [2.75, 3.05) is 27.4 Å². The first-order valence-corrected chi connectivity index (χ1v) is 13.7. The molecule has 0 aliphatic rings. The minimum atomic E-state index is -0.838. The maximum atomic E-state index is 12.7. The standard InChI is InChI=1S/C20H34O5Si2/c1-20(2,25-14-8-16-27(6)23-4)19(21)17-9-11-18(12-10-17)24-13-7-15-26(5)22-3/h9-12H,7-8,13-16H2,1-6H3. The van der Waals surface area contributed by atoms with Crippen molar-refractivity contribution in [3.8, 4) is 5.75 Å². The predicted octanol–water partition coefficient (Wildman–Crippen LogP) is 4.36. The van der Waals surface area contributed by atoms with E-state index in [0.29, 0.717) is 18.8 Å². The quantitative estimate of drug-likeness (QED) is 0.259. The van der Waals surface area contributed by atoms with E-state index in [4.69, 9.17) is 18.3 Å². The van der Waals surface area contributed by atoms with Gasteiger partial charge in [-0.1, -0.05) is 0 Å². The van der Waals surface area contributed by atoms with Gasteiger partial charge in [0.05, 0.1) is 6.61 Å². The maximum absolute atomic E-state index is 12.7. The lowest BCUT2D eigenvalue weighted by atomic mass is 9.96. The Kier molecular flexibility index (Phi) is 11.1. The van der Waals surface area contributed by atoms with Crippen molar-refractivity contribution in [1.82, 2.24) is 0 Å². The summed E-state index contributed by atoms with van der Waals surface area (Å²) in [6.07, 6.45) is 1.88. The lowest BCUT2D eigenvalue weighted by Gasteiger charge is -2.24. The number of benzene rings is 1. The molecule has 152 valence electrons. The Balaban J connectivity index is 2.45. The molecule has 2 radical (unpaired) electrons. The van der Waals surface area contributed by atoms with Gasteiger partial charge < -0.3 is 18.3 Å². The first-order chi connectivity index (χ1) is 12.8. The van der Waals surface area contributed by atoms with Crippen molar-refractivity contribution in [2.24, 2.45) is 0 Å². The topological polar surface area (TPSA) is 54.0 Å². The fraction of sp³-hybridized carbons (Fsp3) is 0.650. The van der Waals surface area contributed by atoms with Crippen molar-refractivity contribution in [3.05, 3.63) is 29.8 Å². The molecule has 0 spiro atoms. The summed E-state index contributed by atoms with van der Waals surface area (Å²) in [7, 11) is 2.11. The summed E-state index contributed by atoms with van der Waals surface area (Å²) in [5.41, 5.74) is -0.196. The van der Waals surface area contributed by atoms with E-state index in [1.165, 1.54) is 0 Å². The van der Waals surface area contributed by atoms with Gasteiger partial charge in [-0.2, -0.15) is 0 Å². The summed E-state index contributed by atoms with van der Waals surface area (Å²) in [5, 5.41) is 0. The van der Waals surface area contributed by atoms with Crippen LogP contribution < -0.4 is 4.74 Å². The van der Waals surface area contributed by atoms with E-state index in [9.17, 15) is 4.79 Å². The molecule has 0 heterocycles. The van der Waals surface area contributed by atoms with Gasteiger partial charge in [-0.25, -0.2) is 0 Å². The molecule has 0 amide bonds. The largest absolute Gasteiger partial charge is 0.494 e. The molecule has 0 saturated heterocycles. The van der Waals surface area contributed by atoms with Crippen LogP contribution in [0.4, 0.5) is 0 Å². The number of hydrogen-bond acceptors (Lipinski definition) is 5. The van der Waals surface area contributed by atoms with Gasteiger partial charge >= 0.3 is 0 Å². The third kappa shape index (κ3) is 9.16. The van der Waals surface area contributed by atoms with Crippen LogP contribution in [-0.2, 0) is 13.6 Å². The van der Waals surface area contributed by atoms with Gasteiger partial charge in [0.15, 0.2) is 5.78 Å². The molecular formula is C20H34O5Si2. The van der Waals surface area contributed by atoms with Crippen LogP contribution in [0.1, 0.15) is 37.0 Å². The second-order valence-electron chi connectivity index (χ2n) is 7.08. The van der Waals surface area contributed by atoms with Gasteiger partial charge in [-0.15, -0.1) is 0 Å². The molecule has 27 heavy (non-hydrogen) atoms. The van der Waals surface area contributed by atoms with Crippen molar-refractivity contribution >= 4 is 23.9 Å². The number of rotatable bonds is 14. The van der Waals surface area contributed by atoms with E-state index in [0.717, 1.165) is 30.7 Å². The Morgan fingerprint density at radius 1 is 0.926 bits per heavy atom. The molecule has 5 nitrogen and oxygen atoms in total. The van der Waals surface area contributed by atoms with Crippen molar-refractivity contribution in [1.29, 1.82) is 0 Å². The average molecular weight is 411 g/mol. The van der Waals surface area contributed by atoms with E-state index in [2.05, 4.69) is 13.1 Å². The van der Waals surface area contributed by atoms with Crippen LogP contribution in [0.3, 0.4) is 0 Å². The van der Waals surface area contributed by atoms with Crippen LogP contribution in [0.2, 0.25) is 25.2 Å². The lowest BCUT2D eigenvalue weighted by Crippen LogP contribution is -2.35. The molecule has 0 fully saturated rings. The summed E-state index contributed by atoms with van der Waals surface area (Å²) in [5.74, 6) is 0.769. The van der Waals surface area contributed by atoms with Crippen LogP contribution in [-0.4, -0.2) is 56.9 Å². The number of hydrogen-bond donors (Lipinski definition) is 0. The minimum absolute atomic E-state index is 0.0128. The second kappa shape index (κ2) is 12.5. The molecule has 0 aromatic heterocycles. The van der Waals surface area contributed by atoms with Gasteiger partial charge in [0.2, 0.25) is 18.1 Å². The fourth-order valence-electron chi connectivity index (χ4n) is 2.48. The number of carbonyl (C=O) groups is 1. The third-order valence-corrected chi connectivity index (χ3v) is 7.95. The van der Waals surface area contributed by atoms with Crippen molar-refractivity contribution in [2.45, 2.75) is 57.5 Å². The highest BCUT2D eigenvalue weighted by Crippen LogP contribution is 2.21. The number of Topliss-reactive ketones (excluding diaryl/α,β-unsaturated/α-hetero) is 1. The van der Waals surface area contributed by atoms with E-state index in [-0.39, 0.29) is 5.78 Å². The summed E-state index contributed by atoms with van der Waals surface area (Å²) in [4.78, 5) is 12.7. The number of ketones is 1. The van der Waals surface area contributed by atoms with Gasteiger partial charge in [-0.3, -0.25) is 4.79 Å². The molecule has 7 heteroatoms. The monoisotopic (exact) mass is 410 g/mol. The van der Waals surface area contributed by atoms with Gasteiger partial charge in [0, 0.05) is 26.4 Å². The Morgan fingerprint density at radius 3 is 1.96 bits per heavy atom. The molecule has 0 aliphatic heterocycles. The highest BCUT2D eigenvalue weighted by atomic mass is 28.3. The summed E-state index contributed by atoms with van der Waals surface area (Å²) < 4.78 is 22.2. The third-order valence-electron chi connectivity index (χ3n) is 4.44. The Labute approximate surface area is 167 Å². The van der Waals surface area contributed by atoms with Crippen LogP contribution in [0, 0.1) is 0 Å². The molecule has 0 bridgehead atoms. The zero-order valence-corrected chi connectivity index (χ0v) is 19.6. The predicted molar refractivity (Wildman–Crippen MR) is 112 cm³/mol. The molecule has 1 aromatic carbocycles. The zero-order valence-electron chi connectivity index (χ0n) is 17.6. The highest BCUT2D eigenvalue weighted by Gasteiger charge is 2.29. The first-order valence-electron chi connectivity index (χ1n) is 9.44. The molecule has 0 aliphatic carbocycles. The molecule has 0 atom stereocenters. The van der Waals surface area contributed by atoms with Crippen LogP contribution >= 0.6 is 0 Å². The summed E-state index contributed by atoms with van der Waals surface area (Å²) >= 11 is 0. The average Bonchev–Trinajstić information content (AvgIpc) is 2.68. The molecule has 1 aromatic rings. The van der Waals surface area contributed by atoms with Crippen LogP contribution in [0.15, 0.2) is 24.3 Å². The normalized spacial score (nSPS) is 12.0. The number of ether oxygens (including phenoxy) is 2. The molecule has 0 unspecified atom stereocenters. The van der Waals surface area contributed by atoms with Crippen molar-refractivity contribution in [3.63, 3.8) is 0 Å². The SMILES string of the molecule is CO[Si](C)CCCOc1ccc(C(=O)C(C)(C)OCCC[Si](C)OC)cc1. The Hall–Kier alpha value is -0.996. The van der Waals surface area contributed by atoms with Crippen LogP contribution in [0.5, 0.6) is 5.75 Å². The number of carbonyl (C=O) groups excluding carboxylic acids is 1. The van der Waals surface area contributed by atoms with E-state index >= 15 is 0 Å². The molecule has 0 N–H and O–H groups in total. The molecular weight excluding hydrogens is 376 g/mol. The summed E-state index contributed by atoms with van der Waals surface area (Å²) in [6.45, 7) is 9.16. The molecule has 0 saturated carbocycles. The summed E-state index contributed by atoms with van der Waals surface area (Å²) in [6, 6.07) is 9.40. The van der Waals surface area contributed by atoms with Crippen LogP contribution in [0.25, 0.3) is 0 Å². The van der Waals surface area contributed by atoms with E-state index in [1.807, 2.05) is 38.1 Å². The Bertz CT molecular complexity index is 548. The Morgan fingerprint density at radius 2 is 1.44 bits per heavy atom. The maximum Gasteiger partial charge on any atom is 0.207 e. The molecule has 1 rings (SSSR count). The highest BCUT2D eigenvalue weighted by molar-refractivity contribution is 6.50. The second-order valence-corrected chi connectivity index (χ2v) is 11.7. The first kappa shape index (κ1) is 24.0. The van der Waals surface area contributed by atoms with E-state index in [1.54, 1.807) is 14.2 Å². The minimum Gasteiger partial charge on any atom is -0.494 e. The van der Waals surface area contributed by atoms with Crippen molar-refractivity contribution < 1.29 is 23.1 Å².